The first kappa shape index (κ1) is 11.1. The van der Waals surface area contributed by atoms with Gasteiger partial charge in [0.15, 0.2) is 0 Å². The summed E-state index contributed by atoms with van der Waals surface area (Å²) < 4.78 is 0. The summed E-state index contributed by atoms with van der Waals surface area (Å²) in [5.74, 6) is 0.853. The van der Waals surface area contributed by atoms with Gasteiger partial charge in [-0.05, 0) is 26.0 Å². The van der Waals surface area contributed by atoms with Gasteiger partial charge in [0, 0.05) is 30.1 Å². The molecule has 16 heavy (non-hydrogen) atoms. The van der Waals surface area contributed by atoms with Crippen molar-refractivity contribution in [2.75, 3.05) is 12.3 Å². The van der Waals surface area contributed by atoms with Crippen LogP contribution in [-0.2, 0) is 11.2 Å². The third-order valence-corrected chi connectivity index (χ3v) is 3.23. The molecule has 0 saturated carbocycles. The number of nitrogens with one attached hydrogen (secondary N) is 1. The normalized spacial score (nSPS) is 24.6. The van der Waals surface area contributed by atoms with E-state index >= 15 is 0 Å². The van der Waals surface area contributed by atoms with Gasteiger partial charge in [-0.3, -0.25) is 4.79 Å². The fraction of sp³-hybridized carbons (Fsp3) is 0.500. The number of Topliss-reactive ketones (excluding diaryl/α,β-unsaturated/α-hetero) is 1. The number of hydrogen-bond acceptors (Lipinski definition) is 4. The van der Waals surface area contributed by atoms with Gasteiger partial charge in [0.05, 0.1) is 0 Å². The summed E-state index contributed by atoms with van der Waals surface area (Å²) in [6, 6.07) is 3.97. The minimum atomic E-state index is 0.125. The summed E-state index contributed by atoms with van der Waals surface area (Å²) >= 11 is 0. The second-order valence-corrected chi connectivity index (χ2v) is 4.33. The first-order valence-corrected chi connectivity index (χ1v) is 5.64. The second-order valence-electron chi connectivity index (χ2n) is 4.33. The lowest BCUT2D eigenvalue weighted by atomic mass is 9.92. The molecule has 0 aromatic carbocycles. The third-order valence-electron chi connectivity index (χ3n) is 3.23. The van der Waals surface area contributed by atoms with E-state index < -0.39 is 0 Å². The highest BCUT2D eigenvalue weighted by molar-refractivity contribution is 5.85. The topological polar surface area (TPSA) is 68.0 Å². The quantitative estimate of drug-likeness (QED) is 0.788. The molecule has 2 atom stereocenters. The number of carbonyl (C=O) groups is 1. The molecule has 1 saturated heterocycles. The highest BCUT2D eigenvalue weighted by Gasteiger charge is 2.29. The molecule has 86 valence electrons. The highest BCUT2D eigenvalue weighted by Crippen LogP contribution is 2.19. The Labute approximate surface area is 95.3 Å². The first-order valence-electron chi connectivity index (χ1n) is 5.64. The summed E-state index contributed by atoms with van der Waals surface area (Å²) in [7, 11) is 0. The minimum Gasteiger partial charge on any atom is -0.383 e. The summed E-state index contributed by atoms with van der Waals surface area (Å²) in [4.78, 5) is 16.0. The van der Waals surface area contributed by atoms with Crippen molar-refractivity contribution in [2.45, 2.75) is 25.8 Å². The first-order chi connectivity index (χ1) is 7.68. The molecular weight excluding hydrogens is 202 g/mol. The average molecular weight is 219 g/mol. The lowest BCUT2D eigenvalue weighted by Gasteiger charge is -2.13. The number of anilines is 1. The second kappa shape index (κ2) is 4.61. The number of aromatic nitrogens is 1. The third kappa shape index (κ3) is 2.22. The van der Waals surface area contributed by atoms with Gasteiger partial charge in [0.25, 0.3) is 0 Å². The molecule has 1 fully saturated rings. The van der Waals surface area contributed by atoms with Crippen LogP contribution in [-0.4, -0.2) is 23.4 Å². The molecule has 2 heterocycles. The largest absolute Gasteiger partial charge is 0.383 e. The van der Waals surface area contributed by atoms with E-state index in [1.54, 1.807) is 6.20 Å². The monoisotopic (exact) mass is 219 g/mol. The number of nitrogen functional groups attached to an aromatic ring is 1. The standard InChI is InChI=1S/C12H17N3O/c1-8-10(4-6-14-8)11(16)7-9-3-2-5-15-12(9)13/h2-3,5,8,10,14H,4,6-7H2,1H3,(H2,13,15). The predicted octanol–water partition coefficient (Wildman–Crippen LogP) is 0.773. The molecule has 0 aliphatic carbocycles. The fourth-order valence-corrected chi connectivity index (χ4v) is 2.22. The summed E-state index contributed by atoms with van der Waals surface area (Å²) in [6.07, 6.45) is 2.97. The Morgan fingerprint density at radius 3 is 3.12 bits per heavy atom. The number of rotatable bonds is 3. The highest BCUT2D eigenvalue weighted by atomic mass is 16.1. The van der Waals surface area contributed by atoms with E-state index in [-0.39, 0.29) is 17.7 Å². The van der Waals surface area contributed by atoms with Crippen LogP contribution in [0.3, 0.4) is 0 Å². The SMILES string of the molecule is CC1NCCC1C(=O)Cc1cccnc1N. The molecular formula is C12H17N3O. The van der Waals surface area contributed by atoms with Gasteiger partial charge < -0.3 is 11.1 Å². The van der Waals surface area contributed by atoms with E-state index in [1.165, 1.54) is 0 Å². The van der Waals surface area contributed by atoms with Crippen LogP contribution in [0.2, 0.25) is 0 Å². The fourth-order valence-electron chi connectivity index (χ4n) is 2.22. The zero-order valence-corrected chi connectivity index (χ0v) is 9.44. The van der Waals surface area contributed by atoms with Crippen molar-refractivity contribution >= 4 is 11.6 Å². The molecule has 1 aliphatic rings. The molecule has 4 nitrogen and oxygen atoms in total. The van der Waals surface area contributed by atoms with Crippen LogP contribution in [0.1, 0.15) is 18.9 Å². The van der Waals surface area contributed by atoms with Crippen molar-refractivity contribution in [3.05, 3.63) is 23.9 Å². The van der Waals surface area contributed by atoms with E-state index in [1.807, 2.05) is 12.1 Å². The van der Waals surface area contributed by atoms with E-state index in [4.69, 9.17) is 5.73 Å². The van der Waals surface area contributed by atoms with E-state index in [9.17, 15) is 4.79 Å². The maximum Gasteiger partial charge on any atom is 0.142 e. The van der Waals surface area contributed by atoms with Crippen molar-refractivity contribution in [3.63, 3.8) is 0 Å². The summed E-state index contributed by atoms with van der Waals surface area (Å²) in [6.45, 7) is 2.99. The van der Waals surface area contributed by atoms with Crippen LogP contribution < -0.4 is 11.1 Å². The number of nitrogens with zero attached hydrogens (tertiary/aromatic N) is 1. The molecule has 2 unspecified atom stereocenters. The van der Waals surface area contributed by atoms with Crippen LogP contribution in [0.15, 0.2) is 18.3 Å². The van der Waals surface area contributed by atoms with Crippen LogP contribution in [0.5, 0.6) is 0 Å². The number of nitrogens with two attached hydrogens (primary N) is 1. The maximum absolute atomic E-state index is 12.1. The summed E-state index contributed by atoms with van der Waals surface area (Å²) in [5, 5.41) is 3.28. The molecule has 4 heteroatoms. The molecule has 1 aromatic heterocycles. The van der Waals surface area contributed by atoms with Gasteiger partial charge in [-0.2, -0.15) is 0 Å². The van der Waals surface area contributed by atoms with Crippen LogP contribution in [0.25, 0.3) is 0 Å². The van der Waals surface area contributed by atoms with E-state index in [0.717, 1.165) is 18.5 Å². The van der Waals surface area contributed by atoms with Gasteiger partial charge in [0.1, 0.15) is 11.6 Å². The molecule has 2 rings (SSSR count). The molecule has 1 aromatic rings. The Morgan fingerprint density at radius 1 is 1.69 bits per heavy atom. The zero-order chi connectivity index (χ0) is 11.5. The van der Waals surface area contributed by atoms with E-state index in [0.29, 0.717) is 12.2 Å². The van der Waals surface area contributed by atoms with Crippen molar-refractivity contribution in [3.8, 4) is 0 Å². The van der Waals surface area contributed by atoms with Gasteiger partial charge in [-0.25, -0.2) is 4.98 Å². The predicted molar refractivity (Wildman–Crippen MR) is 62.9 cm³/mol. The molecule has 0 spiro atoms. The Kier molecular flexibility index (Phi) is 3.19. The Morgan fingerprint density at radius 2 is 2.50 bits per heavy atom. The zero-order valence-electron chi connectivity index (χ0n) is 9.44. The molecule has 0 radical (unpaired) electrons. The van der Waals surface area contributed by atoms with Crippen LogP contribution in [0.4, 0.5) is 5.82 Å². The molecule has 1 aliphatic heterocycles. The van der Waals surface area contributed by atoms with Gasteiger partial charge in [0.2, 0.25) is 0 Å². The Balaban J connectivity index is 2.05. The van der Waals surface area contributed by atoms with Gasteiger partial charge in [-0.15, -0.1) is 0 Å². The maximum atomic E-state index is 12.1. The van der Waals surface area contributed by atoms with Gasteiger partial charge >= 0.3 is 0 Å². The number of carbonyl (C=O) groups excluding carboxylic acids is 1. The molecule has 3 N–H and O–H groups in total. The van der Waals surface area contributed by atoms with Gasteiger partial charge in [-0.1, -0.05) is 6.07 Å². The Hall–Kier alpha value is -1.42. The lowest BCUT2D eigenvalue weighted by Crippen LogP contribution is -2.29. The Bertz CT molecular complexity index is 392. The van der Waals surface area contributed by atoms with Crippen LogP contribution in [0, 0.1) is 5.92 Å². The van der Waals surface area contributed by atoms with Crippen molar-refractivity contribution < 1.29 is 4.79 Å². The van der Waals surface area contributed by atoms with Crippen molar-refractivity contribution in [2.24, 2.45) is 5.92 Å². The van der Waals surface area contributed by atoms with Crippen molar-refractivity contribution in [1.82, 2.24) is 10.3 Å². The van der Waals surface area contributed by atoms with E-state index in [2.05, 4.69) is 17.2 Å². The number of hydrogen-bond donors (Lipinski definition) is 2. The average Bonchev–Trinajstić information content (AvgIpc) is 2.68. The summed E-state index contributed by atoms with van der Waals surface area (Å²) in [5.41, 5.74) is 6.56. The minimum absolute atomic E-state index is 0.125. The smallest absolute Gasteiger partial charge is 0.142 e. The molecule has 0 amide bonds. The lowest BCUT2D eigenvalue weighted by molar-refractivity contribution is -0.122. The van der Waals surface area contributed by atoms with Crippen molar-refractivity contribution in [1.29, 1.82) is 0 Å². The van der Waals surface area contributed by atoms with Crippen LogP contribution >= 0.6 is 0 Å². The molecule has 0 bridgehead atoms. The number of pyridine rings is 1. The number of ketones is 1.